The summed E-state index contributed by atoms with van der Waals surface area (Å²) >= 11 is 0. The van der Waals surface area contributed by atoms with Crippen LogP contribution in [0, 0.1) is 29.2 Å². The number of hydrogen-bond acceptors (Lipinski definition) is 1. The third-order valence-corrected chi connectivity index (χ3v) is 7.19. The molecule has 2 unspecified atom stereocenters. The van der Waals surface area contributed by atoms with Gasteiger partial charge in [-0.1, -0.05) is 0 Å². The standard InChI is InChI=1S/C23H26F4NO.BrH/c1-28(2)21-3-4-22(28)6-14(5-21)13-23(29,15-7-17(24)11-18(25)8-15)16-9-19(26)12-20(27)10-16;/h7-12,14,21-22,29H,3-6,13H2,1-2H3;1H/q+1;/p-1. The van der Waals surface area contributed by atoms with Crippen LogP contribution in [-0.2, 0) is 5.60 Å². The van der Waals surface area contributed by atoms with Crippen molar-refractivity contribution >= 4 is 0 Å². The summed E-state index contributed by atoms with van der Waals surface area (Å²) in [6.07, 6.45) is 4.10. The van der Waals surface area contributed by atoms with Crippen LogP contribution in [0.2, 0.25) is 0 Å². The molecule has 4 rings (SSSR count). The van der Waals surface area contributed by atoms with Gasteiger partial charge in [0.25, 0.3) is 0 Å². The van der Waals surface area contributed by atoms with Crippen molar-refractivity contribution in [1.82, 2.24) is 0 Å². The van der Waals surface area contributed by atoms with Crippen LogP contribution >= 0.6 is 0 Å². The first kappa shape index (κ1) is 23.2. The van der Waals surface area contributed by atoms with Crippen molar-refractivity contribution in [3.8, 4) is 0 Å². The van der Waals surface area contributed by atoms with Crippen LogP contribution in [0.5, 0.6) is 0 Å². The molecule has 2 saturated heterocycles. The molecular weight excluding hydrogens is 462 g/mol. The molecule has 164 valence electrons. The molecule has 2 aromatic rings. The van der Waals surface area contributed by atoms with Gasteiger partial charge in [-0.25, -0.2) is 17.6 Å². The molecule has 2 heterocycles. The lowest BCUT2D eigenvalue weighted by Gasteiger charge is -2.46. The van der Waals surface area contributed by atoms with Gasteiger partial charge in [-0.2, -0.15) is 0 Å². The van der Waals surface area contributed by atoms with Gasteiger partial charge in [-0.3, -0.25) is 0 Å². The van der Waals surface area contributed by atoms with Crippen molar-refractivity contribution in [2.45, 2.75) is 49.8 Å². The maximum atomic E-state index is 13.9. The molecule has 0 aliphatic carbocycles. The van der Waals surface area contributed by atoms with E-state index in [9.17, 15) is 22.7 Å². The first-order chi connectivity index (χ1) is 13.6. The molecule has 2 nitrogen and oxygen atoms in total. The van der Waals surface area contributed by atoms with Gasteiger partial charge in [0, 0.05) is 37.8 Å². The van der Waals surface area contributed by atoms with E-state index in [4.69, 9.17) is 0 Å². The molecule has 7 heteroatoms. The maximum Gasteiger partial charge on any atom is 0.126 e. The quantitative estimate of drug-likeness (QED) is 0.515. The van der Waals surface area contributed by atoms with Crippen LogP contribution in [0.4, 0.5) is 17.6 Å². The highest BCUT2D eigenvalue weighted by Crippen LogP contribution is 2.47. The number of fused-ring (bicyclic) bond motifs is 2. The fourth-order valence-corrected chi connectivity index (χ4v) is 5.57. The first-order valence-corrected chi connectivity index (χ1v) is 10.1. The Morgan fingerprint density at radius 2 is 1.17 bits per heavy atom. The summed E-state index contributed by atoms with van der Waals surface area (Å²) in [6, 6.07) is 6.53. The van der Waals surface area contributed by atoms with Gasteiger partial charge >= 0.3 is 0 Å². The van der Waals surface area contributed by atoms with Crippen LogP contribution in [0.15, 0.2) is 36.4 Å². The van der Waals surface area contributed by atoms with Gasteiger partial charge in [0.1, 0.15) is 28.9 Å². The van der Waals surface area contributed by atoms with Crippen LogP contribution in [0.3, 0.4) is 0 Å². The van der Waals surface area contributed by atoms with E-state index in [2.05, 4.69) is 14.1 Å². The van der Waals surface area contributed by atoms with Crippen molar-refractivity contribution in [1.29, 1.82) is 0 Å². The lowest BCUT2D eigenvalue weighted by molar-refractivity contribution is -0.931. The second-order valence-corrected chi connectivity index (χ2v) is 9.23. The zero-order valence-electron chi connectivity index (χ0n) is 17.0. The molecule has 1 N–H and O–H groups in total. The third kappa shape index (κ3) is 4.16. The smallest absolute Gasteiger partial charge is 0.126 e. The fraction of sp³-hybridized carbons (Fsp3) is 0.478. The van der Waals surface area contributed by atoms with Crippen molar-refractivity contribution in [3.05, 3.63) is 70.8 Å². The van der Waals surface area contributed by atoms with Crippen LogP contribution in [0.25, 0.3) is 0 Å². The SMILES string of the molecule is C[N+]1(C)C2CCC1CC(CC(O)(c1cc(F)cc(F)c1)c1cc(F)cc(F)c1)C2.[Br-]. The highest BCUT2D eigenvalue weighted by Gasteiger charge is 2.50. The summed E-state index contributed by atoms with van der Waals surface area (Å²) in [4.78, 5) is 0. The Hall–Kier alpha value is -1.44. The Bertz CT molecular complexity index is 827. The number of rotatable bonds is 4. The predicted molar refractivity (Wildman–Crippen MR) is 102 cm³/mol. The Morgan fingerprint density at radius 1 is 0.800 bits per heavy atom. The molecule has 2 aliphatic rings. The molecule has 0 spiro atoms. The van der Waals surface area contributed by atoms with Crippen molar-refractivity contribution in [3.63, 3.8) is 0 Å². The van der Waals surface area contributed by atoms with Crippen LogP contribution in [0.1, 0.15) is 43.2 Å². The van der Waals surface area contributed by atoms with E-state index in [0.29, 0.717) is 12.1 Å². The highest BCUT2D eigenvalue weighted by atomic mass is 79.9. The molecule has 0 saturated carbocycles. The maximum absolute atomic E-state index is 13.9. The number of piperidine rings is 1. The van der Waals surface area contributed by atoms with Crippen molar-refractivity contribution in [2.75, 3.05) is 14.1 Å². The minimum absolute atomic E-state index is 0. The number of halogens is 5. The average Bonchev–Trinajstić information content (AvgIpc) is 2.78. The monoisotopic (exact) mass is 487 g/mol. The fourth-order valence-electron chi connectivity index (χ4n) is 5.57. The second kappa shape index (κ2) is 8.24. The predicted octanol–water partition coefficient (Wildman–Crippen LogP) is 1.89. The minimum Gasteiger partial charge on any atom is -1.00 e. The molecule has 2 bridgehead atoms. The average molecular weight is 488 g/mol. The van der Waals surface area contributed by atoms with Crippen molar-refractivity contribution in [2.24, 2.45) is 5.92 Å². The summed E-state index contributed by atoms with van der Waals surface area (Å²) in [5.74, 6) is -3.26. The Labute approximate surface area is 184 Å². The Kier molecular flexibility index (Phi) is 6.38. The minimum atomic E-state index is -1.88. The molecule has 2 aliphatic heterocycles. The number of benzene rings is 2. The van der Waals surface area contributed by atoms with E-state index in [1.54, 1.807) is 0 Å². The molecule has 0 aromatic heterocycles. The van der Waals surface area contributed by atoms with Crippen LogP contribution < -0.4 is 17.0 Å². The molecule has 2 atom stereocenters. The summed E-state index contributed by atoms with van der Waals surface area (Å²) in [7, 11) is 4.43. The van der Waals surface area contributed by atoms with E-state index in [-0.39, 0.29) is 40.4 Å². The van der Waals surface area contributed by atoms with Crippen LogP contribution in [-0.4, -0.2) is 35.8 Å². The topological polar surface area (TPSA) is 20.2 Å². The van der Waals surface area contributed by atoms with E-state index >= 15 is 0 Å². The Balaban J connectivity index is 0.00000256. The van der Waals surface area contributed by atoms with Gasteiger partial charge in [0.15, 0.2) is 0 Å². The largest absolute Gasteiger partial charge is 1.00 e. The van der Waals surface area contributed by atoms with E-state index < -0.39 is 28.9 Å². The zero-order chi connectivity index (χ0) is 21.0. The highest BCUT2D eigenvalue weighted by molar-refractivity contribution is 5.37. The number of quaternary nitrogens is 1. The number of nitrogens with zero attached hydrogens (tertiary/aromatic N) is 1. The second-order valence-electron chi connectivity index (χ2n) is 9.23. The zero-order valence-corrected chi connectivity index (χ0v) is 18.6. The van der Waals surface area contributed by atoms with E-state index in [0.717, 1.165) is 66.6 Å². The molecule has 0 radical (unpaired) electrons. The normalized spacial score (nSPS) is 25.1. The van der Waals surface area contributed by atoms with E-state index in [1.807, 2.05) is 0 Å². The van der Waals surface area contributed by atoms with Gasteiger partial charge in [0.05, 0.1) is 26.2 Å². The molecule has 30 heavy (non-hydrogen) atoms. The summed E-state index contributed by atoms with van der Waals surface area (Å²) < 4.78 is 56.7. The third-order valence-electron chi connectivity index (χ3n) is 7.19. The Morgan fingerprint density at radius 3 is 1.53 bits per heavy atom. The molecule has 2 fully saturated rings. The number of aliphatic hydroxyl groups is 1. The van der Waals surface area contributed by atoms with E-state index in [1.165, 1.54) is 0 Å². The number of hydrogen-bond donors (Lipinski definition) is 1. The summed E-state index contributed by atoms with van der Waals surface area (Å²) in [5.41, 5.74) is -1.93. The molecular formula is C23H26BrF4NO. The van der Waals surface area contributed by atoms with Gasteiger partial charge in [-0.05, 0) is 47.7 Å². The lowest BCUT2D eigenvalue weighted by atomic mass is 9.75. The van der Waals surface area contributed by atoms with Gasteiger partial charge in [0.2, 0.25) is 0 Å². The van der Waals surface area contributed by atoms with Gasteiger partial charge in [-0.15, -0.1) is 0 Å². The first-order valence-electron chi connectivity index (χ1n) is 10.1. The summed E-state index contributed by atoms with van der Waals surface area (Å²) in [5, 5.41) is 11.7. The van der Waals surface area contributed by atoms with Gasteiger partial charge < -0.3 is 26.6 Å². The molecule has 0 amide bonds. The summed E-state index contributed by atoms with van der Waals surface area (Å²) in [6.45, 7) is 0. The van der Waals surface area contributed by atoms with Crippen molar-refractivity contribution < 1.29 is 44.1 Å². The molecule has 2 aromatic carbocycles. The lowest BCUT2D eigenvalue weighted by Crippen LogP contribution is -3.00.